The third-order valence-corrected chi connectivity index (χ3v) is 22.9. The number of ether oxygens (including phenoxy) is 10. The fourth-order valence-corrected chi connectivity index (χ4v) is 17.5. The molecule has 0 radical (unpaired) electrons. The second-order valence-electron chi connectivity index (χ2n) is 28.0. The zero-order chi connectivity index (χ0) is 61.1. The van der Waals surface area contributed by atoms with Gasteiger partial charge in [-0.3, -0.25) is 4.79 Å². The molecule has 9 fully saturated rings. The predicted octanol–water partition coefficient (Wildman–Crippen LogP) is -2.37. The molecule has 5 saturated heterocycles. The van der Waals surface area contributed by atoms with E-state index in [-0.39, 0.29) is 52.6 Å². The molecule has 0 aromatic carbocycles. The van der Waals surface area contributed by atoms with Gasteiger partial charge in [0.25, 0.3) is 0 Å². The van der Waals surface area contributed by atoms with Crippen LogP contribution in [-0.2, 0) is 52.2 Å². The summed E-state index contributed by atoms with van der Waals surface area (Å²) in [6.07, 6.45) is -30.3. The molecule has 5 aliphatic carbocycles. The maximum absolute atomic E-state index is 13.2. The van der Waals surface area contributed by atoms with Crippen LogP contribution in [0, 0.1) is 50.2 Å². The van der Waals surface area contributed by atoms with Crippen molar-refractivity contribution in [3.8, 4) is 0 Å². The van der Waals surface area contributed by atoms with Crippen molar-refractivity contribution in [1.82, 2.24) is 0 Å². The molecule has 26 nitrogen and oxygen atoms in total. The van der Waals surface area contributed by atoms with Gasteiger partial charge in [0, 0.05) is 5.41 Å². The van der Waals surface area contributed by atoms with Gasteiger partial charge in [0.2, 0.25) is 0 Å². The first-order chi connectivity index (χ1) is 39.4. The van der Waals surface area contributed by atoms with E-state index < -0.39 is 184 Å². The molecule has 0 amide bonds. The van der Waals surface area contributed by atoms with Crippen LogP contribution in [0.1, 0.15) is 113 Å². The SMILES string of the molecule is C[C@@H]1O[C@@H](O[C@H]2[C@H](O)[C@@H](O)[C@H](O[C@H]3[C@H](O)[C@@H](O)[C@H](O[C@H]4[C@H](O[C@H]5CC[C@@]6(C)[C@@H](CC[C@]7(C)[C@@H]6CC=C6[C@@H]8CC(C)(C)CC[C@]8(C(=O)O)CC[C@]67C)[C@]5(C)CO)OC[C@@H](O)[C@@H]4O)O[C@@H]3CO)O[C@@H]2CO)[C@H](O)[C@H](O[C@@H]2OC[C@@H](O)[C@H](O)[C@H]2O)[C@H]1O. The molecule has 84 heavy (non-hydrogen) atoms. The standard InChI is InChI=1S/C58H94O26/c1-24-34(64)45(83-47-39(69)35(65)27(62)21-75-47)42(72)50(77-24)82-44-30(20-60)78-48(40(70)37(44)67)81-43-29(19-59)79-49(41(71)38(43)68)84-46-36(66)28(63)22-76-51(46)80-33-11-12-54(4)31(55(33,5)23-61)10-13-57(7)32(54)9-8-25-26-18-53(2,3)14-16-58(26,52(73)74)17-15-56(25,57)6/h8,24,26-51,59-72H,9-23H2,1-7H3,(H,73,74)/t24-,26-,27+,28+,29+,30+,31+,32+,33-,34-,35-,36-,37+,38+,39+,40+,41+,42+,43+,44+,45+,46+,47-,48-,49-,50-,51-,54-,55-,56+,57+,58-/m0/s1. The van der Waals surface area contributed by atoms with E-state index in [4.69, 9.17) is 47.4 Å². The number of carboxylic acid groups (broad SMARTS) is 1. The van der Waals surface area contributed by atoms with Crippen molar-refractivity contribution in [3.63, 3.8) is 0 Å². The van der Waals surface area contributed by atoms with Gasteiger partial charge in [0.15, 0.2) is 31.5 Å². The minimum Gasteiger partial charge on any atom is -0.481 e. The predicted molar refractivity (Wildman–Crippen MR) is 284 cm³/mol. The first kappa shape index (κ1) is 65.2. The summed E-state index contributed by atoms with van der Waals surface area (Å²) in [6, 6.07) is 0. The molecule has 10 rings (SSSR count). The lowest BCUT2D eigenvalue weighted by Crippen LogP contribution is -2.68. The fourth-order valence-electron chi connectivity index (χ4n) is 17.5. The quantitative estimate of drug-likeness (QED) is 0.0639. The number of aliphatic carboxylic acids is 1. The lowest BCUT2D eigenvalue weighted by atomic mass is 9.33. The molecule has 0 aromatic heterocycles. The van der Waals surface area contributed by atoms with Crippen LogP contribution in [0.5, 0.6) is 0 Å². The summed E-state index contributed by atoms with van der Waals surface area (Å²) >= 11 is 0. The first-order valence-corrected chi connectivity index (χ1v) is 30.2. The number of hydrogen-bond acceptors (Lipinski definition) is 25. The summed E-state index contributed by atoms with van der Waals surface area (Å²) < 4.78 is 59.1. The second kappa shape index (κ2) is 24.1. The molecule has 0 spiro atoms. The number of aliphatic hydroxyl groups is 14. The van der Waals surface area contributed by atoms with Gasteiger partial charge in [-0.15, -0.1) is 0 Å². The van der Waals surface area contributed by atoms with E-state index in [9.17, 15) is 81.4 Å². The zero-order valence-corrected chi connectivity index (χ0v) is 49.0. The van der Waals surface area contributed by atoms with E-state index >= 15 is 0 Å². The topological polar surface area (TPSA) is 413 Å². The highest BCUT2D eigenvalue weighted by Crippen LogP contribution is 2.76. The lowest BCUT2D eigenvalue weighted by Gasteiger charge is -2.71. The summed E-state index contributed by atoms with van der Waals surface area (Å²) in [6.45, 7) is 12.1. The van der Waals surface area contributed by atoms with E-state index in [0.29, 0.717) is 25.7 Å². The van der Waals surface area contributed by atoms with E-state index in [2.05, 4.69) is 40.7 Å². The summed E-state index contributed by atoms with van der Waals surface area (Å²) in [5.41, 5.74) is -0.986. The molecule has 5 aliphatic heterocycles. The van der Waals surface area contributed by atoms with Crippen molar-refractivity contribution >= 4 is 5.97 Å². The van der Waals surface area contributed by atoms with Crippen molar-refractivity contribution in [3.05, 3.63) is 11.6 Å². The van der Waals surface area contributed by atoms with Crippen molar-refractivity contribution in [1.29, 1.82) is 0 Å². The number of carboxylic acids is 1. The van der Waals surface area contributed by atoms with Crippen LogP contribution in [0.2, 0.25) is 0 Å². The van der Waals surface area contributed by atoms with E-state index in [0.717, 1.165) is 38.5 Å². The third-order valence-electron chi connectivity index (χ3n) is 22.9. The first-order valence-electron chi connectivity index (χ1n) is 30.2. The Morgan fingerprint density at radius 1 is 0.548 bits per heavy atom. The van der Waals surface area contributed by atoms with E-state index in [1.807, 2.05) is 6.92 Å². The van der Waals surface area contributed by atoms with E-state index in [1.165, 1.54) is 12.5 Å². The smallest absolute Gasteiger partial charge is 0.310 e. The minimum atomic E-state index is -2.07. The molecule has 26 heteroatoms. The van der Waals surface area contributed by atoms with Crippen LogP contribution in [0.25, 0.3) is 0 Å². The Balaban J connectivity index is 0.799. The van der Waals surface area contributed by atoms with Gasteiger partial charge < -0.3 is 124 Å². The van der Waals surface area contributed by atoms with Gasteiger partial charge in [-0.1, -0.05) is 53.2 Å². The Hall–Kier alpha value is -1.75. The van der Waals surface area contributed by atoms with Crippen molar-refractivity contribution in [2.75, 3.05) is 33.0 Å². The molecule has 10 aliphatic rings. The number of carbonyl (C=O) groups is 1. The van der Waals surface area contributed by atoms with Gasteiger partial charge in [0.1, 0.15) is 104 Å². The number of aliphatic hydroxyl groups excluding tert-OH is 14. The van der Waals surface area contributed by atoms with Crippen LogP contribution in [-0.4, -0.2) is 263 Å². The largest absolute Gasteiger partial charge is 0.481 e. The Kier molecular flexibility index (Phi) is 18.7. The fraction of sp³-hybridized carbons (Fsp3) is 0.948. The molecule has 5 heterocycles. The molecular weight excluding hydrogens is 1110 g/mol. The van der Waals surface area contributed by atoms with Crippen LogP contribution in [0.4, 0.5) is 0 Å². The molecular formula is C58H94O26. The van der Waals surface area contributed by atoms with Gasteiger partial charge in [-0.25, -0.2) is 0 Å². The molecule has 482 valence electrons. The molecule has 0 unspecified atom stereocenters. The van der Waals surface area contributed by atoms with Crippen LogP contribution in [0.3, 0.4) is 0 Å². The van der Waals surface area contributed by atoms with Gasteiger partial charge in [-0.2, -0.15) is 0 Å². The molecule has 0 bridgehead atoms. The molecule has 4 saturated carbocycles. The average Bonchev–Trinajstić information content (AvgIpc) is 0.689. The maximum Gasteiger partial charge on any atom is 0.310 e. The van der Waals surface area contributed by atoms with Crippen molar-refractivity contribution in [2.45, 2.75) is 260 Å². The molecule has 15 N–H and O–H groups in total. The number of rotatable bonds is 14. The molecule has 32 atom stereocenters. The van der Waals surface area contributed by atoms with Crippen LogP contribution in [0.15, 0.2) is 11.6 Å². The third kappa shape index (κ3) is 10.8. The number of allylic oxidation sites excluding steroid dienone is 2. The summed E-state index contributed by atoms with van der Waals surface area (Å²) in [7, 11) is 0. The normalized spacial score (nSPS) is 54.9. The Morgan fingerprint density at radius 2 is 1.08 bits per heavy atom. The summed E-state index contributed by atoms with van der Waals surface area (Å²) in [5.74, 6) is -0.593. The van der Waals surface area contributed by atoms with Gasteiger partial charge >= 0.3 is 5.97 Å². The van der Waals surface area contributed by atoms with Crippen molar-refractivity contribution < 1.29 is 129 Å². The van der Waals surface area contributed by atoms with Crippen LogP contribution >= 0.6 is 0 Å². The Labute approximate surface area is 488 Å². The van der Waals surface area contributed by atoms with Crippen molar-refractivity contribution in [2.24, 2.45) is 50.2 Å². The van der Waals surface area contributed by atoms with E-state index in [1.54, 1.807) is 0 Å². The zero-order valence-electron chi connectivity index (χ0n) is 49.0. The maximum atomic E-state index is 13.2. The highest BCUT2D eigenvalue weighted by Gasteiger charge is 2.70. The second-order valence-corrected chi connectivity index (χ2v) is 28.0. The highest BCUT2D eigenvalue weighted by molar-refractivity contribution is 5.76. The lowest BCUT2D eigenvalue weighted by molar-refractivity contribution is -0.393. The number of hydrogen-bond donors (Lipinski definition) is 15. The van der Waals surface area contributed by atoms with Crippen LogP contribution < -0.4 is 0 Å². The average molecular weight is 1210 g/mol. The Bertz CT molecular complexity index is 2330. The number of fused-ring (bicyclic) bond motifs is 7. The minimum absolute atomic E-state index is 0.0212. The van der Waals surface area contributed by atoms with Gasteiger partial charge in [0.05, 0.1) is 50.7 Å². The Morgan fingerprint density at radius 3 is 1.67 bits per heavy atom. The summed E-state index contributed by atoms with van der Waals surface area (Å²) in [4.78, 5) is 13.2. The monoisotopic (exact) mass is 1210 g/mol. The summed E-state index contributed by atoms with van der Waals surface area (Å²) in [5, 5.41) is 165. The molecule has 0 aromatic rings. The van der Waals surface area contributed by atoms with Gasteiger partial charge in [-0.05, 0) is 111 Å². The highest BCUT2D eigenvalue weighted by atomic mass is 16.8.